The summed E-state index contributed by atoms with van der Waals surface area (Å²) < 4.78 is 5.73. The van der Waals surface area contributed by atoms with E-state index in [1.807, 2.05) is 12.1 Å². The van der Waals surface area contributed by atoms with Gasteiger partial charge >= 0.3 is 0 Å². The van der Waals surface area contributed by atoms with Crippen molar-refractivity contribution in [3.63, 3.8) is 0 Å². The standard InChI is InChI=1S/C14H12N2OS/c1-2-5-13-10(4-1)12-8-11(14-6-3-7-18-14)15-16(12)9-17-13/h1-7,12H,8-9H2. The number of thiophene rings is 1. The normalized spacial score (nSPS) is 21.0. The van der Waals surface area contributed by atoms with Gasteiger partial charge in [0.2, 0.25) is 0 Å². The smallest absolute Gasteiger partial charge is 0.177 e. The van der Waals surface area contributed by atoms with E-state index in [2.05, 4.69) is 39.8 Å². The molecule has 2 aliphatic rings. The van der Waals surface area contributed by atoms with Gasteiger partial charge in [0, 0.05) is 12.0 Å². The maximum absolute atomic E-state index is 5.73. The van der Waals surface area contributed by atoms with Crippen LogP contribution in [0.25, 0.3) is 0 Å². The highest BCUT2D eigenvalue weighted by atomic mass is 32.1. The second-order valence-electron chi connectivity index (χ2n) is 4.49. The fraction of sp³-hybridized carbons (Fsp3) is 0.214. The highest BCUT2D eigenvalue weighted by molar-refractivity contribution is 7.12. The number of hydrazone groups is 1. The van der Waals surface area contributed by atoms with E-state index < -0.39 is 0 Å². The van der Waals surface area contributed by atoms with Gasteiger partial charge in [-0.25, -0.2) is 0 Å². The van der Waals surface area contributed by atoms with Crippen LogP contribution in [-0.2, 0) is 0 Å². The average molecular weight is 256 g/mol. The van der Waals surface area contributed by atoms with Gasteiger partial charge in [-0.05, 0) is 17.5 Å². The van der Waals surface area contributed by atoms with Crippen molar-refractivity contribution in [3.8, 4) is 5.75 Å². The van der Waals surface area contributed by atoms with Crippen molar-refractivity contribution in [1.82, 2.24) is 5.01 Å². The summed E-state index contributed by atoms with van der Waals surface area (Å²) in [5.41, 5.74) is 2.43. The summed E-state index contributed by atoms with van der Waals surface area (Å²) in [6.07, 6.45) is 0.973. The Morgan fingerprint density at radius 3 is 3.06 bits per heavy atom. The summed E-state index contributed by atoms with van der Waals surface area (Å²) in [5.74, 6) is 1.00. The number of rotatable bonds is 1. The van der Waals surface area contributed by atoms with Crippen molar-refractivity contribution in [2.45, 2.75) is 12.5 Å². The number of ether oxygens (including phenoxy) is 1. The Hall–Kier alpha value is -1.81. The zero-order valence-corrected chi connectivity index (χ0v) is 10.6. The Balaban J connectivity index is 1.71. The second kappa shape index (κ2) is 3.85. The summed E-state index contributed by atoms with van der Waals surface area (Å²) in [5, 5.41) is 8.84. The predicted molar refractivity (Wildman–Crippen MR) is 72.0 cm³/mol. The van der Waals surface area contributed by atoms with E-state index in [0.717, 1.165) is 12.2 Å². The highest BCUT2D eigenvalue weighted by Gasteiger charge is 2.34. The molecule has 1 aromatic heterocycles. The molecule has 18 heavy (non-hydrogen) atoms. The Morgan fingerprint density at radius 2 is 2.17 bits per heavy atom. The molecule has 4 heteroatoms. The molecule has 0 N–H and O–H groups in total. The van der Waals surface area contributed by atoms with E-state index in [4.69, 9.17) is 4.74 Å². The van der Waals surface area contributed by atoms with Crippen molar-refractivity contribution < 1.29 is 4.74 Å². The summed E-state index contributed by atoms with van der Waals surface area (Å²) in [6, 6.07) is 12.8. The van der Waals surface area contributed by atoms with Gasteiger partial charge in [0.1, 0.15) is 5.75 Å². The Bertz CT molecular complexity index is 606. The third-order valence-electron chi connectivity index (χ3n) is 3.43. The maximum Gasteiger partial charge on any atom is 0.177 e. The van der Waals surface area contributed by atoms with Crippen LogP contribution in [0.15, 0.2) is 46.9 Å². The molecular weight excluding hydrogens is 244 g/mol. The van der Waals surface area contributed by atoms with Gasteiger partial charge < -0.3 is 4.74 Å². The molecule has 0 saturated carbocycles. The average Bonchev–Trinajstić information content (AvgIpc) is 3.07. The minimum Gasteiger partial charge on any atom is -0.471 e. The third kappa shape index (κ3) is 1.46. The topological polar surface area (TPSA) is 24.8 Å². The molecule has 1 atom stereocenters. The molecule has 0 spiro atoms. The van der Waals surface area contributed by atoms with Crippen molar-refractivity contribution in [2.24, 2.45) is 5.10 Å². The van der Waals surface area contributed by atoms with Crippen LogP contribution in [0.3, 0.4) is 0 Å². The molecule has 0 aliphatic carbocycles. The largest absolute Gasteiger partial charge is 0.471 e. The molecule has 0 radical (unpaired) electrons. The monoisotopic (exact) mass is 256 g/mol. The molecule has 1 aromatic carbocycles. The van der Waals surface area contributed by atoms with Gasteiger partial charge in [0.15, 0.2) is 6.73 Å². The van der Waals surface area contributed by atoms with Crippen molar-refractivity contribution >= 4 is 17.0 Å². The lowest BCUT2D eigenvalue weighted by Gasteiger charge is -2.30. The molecule has 0 bridgehead atoms. The molecule has 2 aliphatic heterocycles. The fourth-order valence-electron chi connectivity index (χ4n) is 2.56. The van der Waals surface area contributed by atoms with Gasteiger partial charge in [-0.3, -0.25) is 5.01 Å². The van der Waals surface area contributed by atoms with Crippen LogP contribution in [-0.4, -0.2) is 17.5 Å². The van der Waals surface area contributed by atoms with Crippen LogP contribution in [0.4, 0.5) is 0 Å². The van der Waals surface area contributed by atoms with E-state index in [0.29, 0.717) is 12.8 Å². The summed E-state index contributed by atoms with van der Waals surface area (Å²) >= 11 is 1.75. The first-order valence-corrected chi connectivity index (χ1v) is 6.89. The zero-order valence-electron chi connectivity index (χ0n) is 9.74. The predicted octanol–water partition coefficient (Wildman–Crippen LogP) is 3.25. The maximum atomic E-state index is 5.73. The Kier molecular flexibility index (Phi) is 2.17. The van der Waals surface area contributed by atoms with E-state index in [-0.39, 0.29) is 0 Å². The van der Waals surface area contributed by atoms with Crippen LogP contribution < -0.4 is 4.74 Å². The Labute approximate surface area is 109 Å². The minimum atomic E-state index is 0.340. The van der Waals surface area contributed by atoms with Gasteiger partial charge in [-0.2, -0.15) is 5.10 Å². The lowest BCUT2D eigenvalue weighted by Crippen LogP contribution is -2.29. The number of para-hydroxylation sites is 1. The van der Waals surface area contributed by atoms with Gasteiger partial charge in [-0.1, -0.05) is 24.3 Å². The first kappa shape index (κ1) is 10.1. The number of fused-ring (bicyclic) bond motifs is 3. The molecule has 0 fully saturated rings. The molecule has 3 heterocycles. The fourth-order valence-corrected chi connectivity index (χ4v) is 3.28. The minimum absolute atomic E-state index is 0.340. The van der Waals surface area contributed by atoms with Gasteiger partial charge in [0.25, 0.3) is 0 Å². The Morgan fingerprint density at radius 1 is 1.22 bits per heavy atom. The zero-order chi connectivity index (χ0) is 11.9. The SMILES string of the molecule is c1csc(C2=NN3COc4ccccc4C3C2)c1. The number of hydrogen-bond acceptors (Lipinski definition) is 4. The molecule has 1 unspecified atom stereocenters. The molecule has 3 nitrogen and oxygen atoms in total. The molecule has 2 aromatic rings. The number of hydrogen-bond donors (Lipinski definition) is 0. The quantitative estimate of drug-likeness (QED) is 0.782. The summed E-state index contributed by atoms with van der Waals surface area (Å²) in [6.45, 7) is 0.552. The first-order valence-electron chi connectivity index (χ1n) is 6.01. The number of benzene rings is 1. The van der Waals surface area contributed by atoms with Gasteiger partial charge in [0.05, 0.1) is 16.6 Å². The van der Waals surface area contributed by atoms with Crippen LogP contribution in [0.1, 0.15) is 22.9 Å². The molecule has 0 saturated heterocycles. The van der Waals surface area contributed by atoms with E-state index in [1.165, 1.54) is 16.2 Å². The van der Waals surface area contributed by atoms with Crippen LogP contribution >= 0.6 is 11.3 Å². The second-order valence-corrected chi connectivity index (χ2v) is 5.44. The van der Waals surface area contributed by atoms with Crippen LogP contribution in [0.2, 0.25) is 0 Å². The van der Waals surface area contributed by atoms with E-state index in [1.54, 1.807) is 11.3 Å². The van der Waals surface area contributed by atoms with Crippen LogP contribution in [0.5, 0.6) is 5.75 Å². The van der Waals surface area contributed by atoms with E-state index >= 15 is 0 Å². The lowest BCUT2D eigenvalue weighted by atomic mass is 10.00. The molecule has 4 rings (SSSR count). The highest BCUT2D eigenvalue weighted by Crippen LogP contribution is 2.40. The molecule has 0 amide bonds. The third-order valence-corrected chi connectivity index (χ3v) is 4.35. The van der Waals surface area contributed by atoms with Crippen molar-refractivity contribution in [3.05, 3.63) is 52.2 Å². The first-order chi connectivity index (χ1) is 8.92. The van der Waals surface area contributed by atoms with E-state index in [9.17, 15) is 0 Å². The summed E-state index contributed by atoms with van der Waals surface area (Å²) in [4.78, 5) is 1.27. The molecular formula is C14H12N2OS. The van der Waals surface area contributed by atoms with Gasteiger partial charge in [-0.15, -0.1) is 11.3 Å². The lowest BCUT2D eigenvalue weighted by molar-refractivity contribution is 0.0750. The summed E-state index contributed by atoms with van der Waals surface area (Å²) in [7, 11) is 0. The van der Waals surface area contributed by atoms with Crippen molar-refractivity contribution in [1.29, 1.82) is 0 Å². The van der Waals surface area contributed by atoms with Crippen LogP contribution in [0, 0.1) is 0 Å². The van der Waals surface area contributed by atoms with Crippen molar-refractivity contribution in [2.75, 3.05) is 6.73 Å². The number of nitrogens with zero attached hydrogens (tertiary/aromatic N) is 2. The molecule has 90 valence electrons.